The van der Waals surface area contributed by atoms with E-state index in [1.54, 1.807) is 0 Å². The fourth-order valence-corrected chi connectivity index (χ4v) is 3.87. The van der Waals surface area contributed by atoms with Crippen LogP contribution in [-0.2, 0) is 4.79 Å². The van der Waals surface area contributed by atoms with Gasteiger partial charge in [0.15, 0.2) is 11.5 Å². The van der Waals surface area contributed by atoms with E-state index in [-0.39, 0.29) is 30.4 Å². The minimum atomic E-state index is -0.283. The van der Waals surface area contributed by atoms with Crippen LogP contribution in [0.15, 0.2) is 48.5 Å². The lowest BCUT2D eigenvalue weighted by atomic mass is 10.0. The van der Waals surface area contributed by atoms with Crippen LogP contribution in [0.3, 0.4) is 0 Å². The number of carbonyl (C=O) groups is 1. The van der Waals surface area contributed by atoms with Crippen molar-refractivity contribution in [1.82, 2.24) is 4.90 Å². The van der Waals surface area contributed by atoms with E-state index in [0.29, 0.717) is 19.6 Å². The number of amides is 1. The highest BCUT2D eigenvalue weighted by molar-refractivity contribution is 5.85. The largest absolute Gasteiger partial charge is 0.486 e. The van der Waals surface area contributed by atoms with Crippen LogP contribution in [0.1, 0.15) is 42.5 Å². The van der Waals surface area contributed by atoms with Crippen LogP contribution in [0.4, 0.5) is 0 Å². The standard InChI is InChI=1S/C21H24N2O3.ClH/c22-17(15-6-2-1-3-7-15)14-20(24)23-11-5-9-18(23)16-8-4-10-19-21(16)26-13-12-25-19;/h1-4,6-8,10,17-18H,5,9,11-14,22H2;1H. The van der Waals surface area contributed by atoms with Gasteiger partial charge in [-0.2, -0.15) is 0 Å². The zero-order valence-electron chi connectivity index (χ0n) is 15.2. The van der Waals surface area contributed by atoms with Gasteiger partial charge >= 0.3 is 0 Å². The van der Waals surface area contributed by atoms with E-state index in [4.69, 9.17) is 15.2 Å². The molecule has 1 fully saturated rings. The number of likely N-dealkylation sites (tertiary alicyclic amines) is 1. The van der Waals surface area contributed by atoms with Crippen molar-refractivity contribution in [2.75, 3.05) is 19.8 Å². The maximum Gasteiger partial charge on any atom is 0.224 e. The predicted octanol–water partition coefficient (Wildman–Crippen LogP) is 3.63. The third-order valence-electron chi connectivity index (χ3n) is 5.15. The summed E-state index contributed by atoms with van der Waals surface area (Å²) in [5.41, 5.74) is 8.30. The Morgan fingerprint density at radius 2 is 1.89 bits per heavy atom. The summed E-state index contributed by atoms with van der Waals surface area (Å²) in [7, 11) is 0. The number of rotatable bonds is 4. The van der Waals surface area contributed by atoms with Gasteiger partial charge in [0.1, 0.15) is 13.2 Å². The van der Waals surface area contributed by atoms with Crippen molar-refractivity contribution in [3.63, 3.8) is 0 Å². The monoisotopic (exact) mass is 388 g/mol. The molecule has 1 amide bonds. The maximum absolute atomic E-state index is 13.0. The molecular weight excluding hydrogens is 364 g/mol. The molecule has 6 heteroatoms. The molecule has 2 unspecified atom stereocenters. The van der Waals surface area contributed by atoms with Gasteiger partial charge in [-0.3, -0.25) is 4.79 Å². The fraction of sp³-hybridized carbons (Fsp3) is 0.381. The number of hydrogen-bond acceptors (Lipinski definition) is 4. The fourth-order valence-electron chi connectivity index (χ4n) is 3.87. The summed E-state index contributed by atoms with van der Waals surface area (Å²) in [4.78, 5) is 14.9. The number of halogens is 1. The Morgan fingerprint density at radius 1 is 1.11 bits per heavy atom. The van der Waals surface area contributed by atoms with E-state index in [1.807, 2.05) is 53.4 Å². The molecule has 0 aromatic heterocycles. The molecule has 0 aliphatic carbocycles. The highest BCUT2D eigenvalue weighted by atomic mass is 35.5. The number of nitrogens with zero attached hydrogens (tertiary/aromatic N) is 1. The number of para-hydroxylation sites is 1. The summed E-state index contributed by atoms with van der Waals surface area (Å²) < 4.78 is 11.6. The second kappa shape index (κ2) is 8.63. The minimum absolute atomic E-state index is 0. The lowest BCUT2D eigenvalue weighted by molar-refractivity contribution is -0.132. The minimum Gasteiger partial charge on any atom is -0.486 e. The molecule has 144 valence electrons. The summed E-state index contributed by atoms with van der Waals surface area (Å²) in [6, 6.07) is 15.5. The van der Waals surface area contributed by atoms with Gasteiger partial charge < -0.3 is 20.1 Å². The summed E-state index contributed by atoms with van der Waals surface area (Å²) in [5.74, 6) is 1.66. The van der Waals surface area contributed by atoms with E-state index in [0.717, 1.165) is 42.0 Å². The van der Waals surface area contributed by atoms with Gasteiger partial charge in [0.25, 0.3) is 0 Å². The van der Waals surface area contributed by atoms with Crippen molar-refractivity contribution in [3.05, 3.63) is 59.7 Å². The molecule has 27 heavy (non-hydrogen) atoms. The molecule has 4 rings (SSSR count). The first-order valence-electron chi connectivity index (χ1n) is 9.22. The van der Waals surface area contributed by atoms with Crippen molar-refractivity contribution in [2.24, 2.45) is 5.73 Å². The molecule has 2 aromatic carbocycles. The average molecular weight is 389 g/mol. The molecule has 2 heterocycles. The van der Waals surface area contributed by atoms with Crippen LogP contribution in [0.25, 0.3) is 0 Å². The molecule has 2 aromatic rings. The molecule has 2 aliphatic heterocycles. The average Bonchev–Trinajstić information content (AvgIpc) is 3.18. The number of nitrogens with two attached hydrogens (primary N) is 1. The van der Waals surface area contributed by atoms with Crippen LogP contribution in [0.2, 0.25) is 0 Å². The van der Waals surface area contributed by atoms with Gasteiger partial charge in [-0.05, 0) is 24.5 Å². The van der Waals surface area contributed by atoms with Gasteiger partial charge in [0.2, 0.25) is 5.91 Å². The number of fused-ring (bicyclic) bond motifs is 1. The third kappa shape index (κ3) is 4.04. The second-order valence-corrected chi connectivity index (χ2v) is 6.84. The third-order valence-corrected chi connectivity index (χ3v) is 5.15. The Bertz CT molecular complexity index is 784. The molecule has 2 N–H and O–H groups in total. The van der Waals surface area contributed by atoms with Crippen LogP contribution in [0.5, 0.6) is 11.5 Å². The van der Waals surface area contributed by atoms with E-state index in [2.05, 4.69) is 0 Å². The molecule has 0 spiro atoms. The molecule has 0 saturated carbocycles. The topological polar surface area (TPSA) is 64.8 Å². The Kier molecular flexibility index (Phi) is 6.24. The normalized spacial score (nSPS) is 19.3. The highest BCUT2D eigenvalue weighted by Crippen LogP contribution is 2.43. The molecule has 5 nitrogen and oxygen atoms in total. The Labute approximate surface area is 165 Å². The van der Waals surface area contributed by atoms with E-state index < -0.39 is 0 Å². The maximum atomic E-state index is 13.0. The zero-order valence-corrected chi connectivity index (χ0v) is 16.0. The van der Waals surface area contributed by atoms with Crippen molar-refractivity contribution in [3.8, 4) is 11.5 Å². The van der Waals surface area contributed by atoms with Gasteiger partial charge in [-0.1, -0.05) is 42.5 Å². The van der Waals surface area contributed by atoms with Crippen molar-refractivity contribution >= 4 is 18.3 Å². The Balaban J connectivity index is 0.00000210. The Morgan fingerprint density at radius 3 is 2.70 bits per heavy atom. The molecule has 0 bridgehead atoms. The van der Waals surface area contributed by atoms with Crippen molar-refractivity contribution < 1.29 is 14.3 Å². The number of benzene rings is 2. The number of carbonyl (C=O) groups excluding carboxylic acids is 1. The number of ether oxygens (including phenoxy) is 2. The Hall–Kier alpha value is -2.24. The molecule has 2 atom stereocenters. The van der Waals surface area contributed by atoms with Crippen molar-refractivity contribution in [1.29, 1.82) is 0 Å². The van der Waals surface area contributed by atoms with Gasteiger partial charge in [0, 0.05) is 24.6 Å². The molecule has 1 saturated heterocycles. The highest BCUT2D eigenvalue weighted by Gasteiger charge is 2.34. The van der Waals surface area contributed by atoms with Crippen molar-refractivity contribution in [2.45, 2.75) is 31.3 Å². The SMILES string of the molecule is Cl.NC(CC(=O)N1CCCC1c1cccc2c1OCCO2)c1ccccc1. The van der Waals surface area contributed by atoms with Crippen LogP contribution < -0.4 is 15.2 Å². The van der Waals surface area contributed by atoms with E-state index in [1.165, 1.54) is 0 Å². The second-order valence-electron chi connectivity index (χ2n) is 6.84. The predicted molar refractivity (Wildman–Crippen MR) is 106 cm³/mol. The first-order chi connectivity index (χ1) is 12.7. The number of hydrogen-bond donors (Lipinski definition) is 1. The summed E-state index contributed by atoms with van der Waals surface area (Å²) >= 11 is 0. The summed E-state index contributed by atoms with van der Waals surface area (Å²) in [6.45, 7) is 1.87. The lowest BCUT2D eigenvalue weighted by Gasteiger charge is -2.29. The van der Waals surface area contributed by atoms with Gasteiger partial charge in [-0.25, -0.2) is 0 Å². The molecular formula is C21H25ClN2O3. The quantitative estimate of drug-likeness (QED) is 0.868. The molecule has 2 aliphatic rings. The van der Waals surface area contributed by atoms with Crippen LogP contribution in [-0.4, -0.2) is 30.6 Å². The smallest absolute Gasteiger partial charge is 0.224 e. The summed E-state index contributed by atoms with van der Waals surface area (Å²) in [5, 5.41) is 0. The van der Waals surface area contributed by atoms with E-state index >= 15 is 0 Å². The zero-order chi connectivity index (χ0) is 17.9. The van der Waals surface area contributed by atoms with Gasteiger partial charge in [-0.15, -0.1) is 12.4 Å². The van der Waals surface area contributed by atoms with E-state index in [9.17, 15) is 4.79 Å². The van der Waals surface area contributed by atoms with Crippen LogP contribution >= 0.6 is 12.4 Å². The van der Waals surface area contributed by atoms with Gasteiger partial charge in [0.05, 0.1) is 6.04 Å². The van der Waals surface area contributed by atoms with Crippen LogP contribution in [0, 0.1) is 0 Å². The first-order valence-corrected chi connectivity index (χ1v) is 9.22. The first kappa shape index (κ1) is 19.5. The molecule has 0 radical (unpaired) electrons. The lowest BCUT2D eigenvalue weighted by Crippen LogP contribution is -2.33. The summed E-state index contributed by atoms with van der Waals surface area (Å²) in [6.07, 6.45) is 2.24.